The Labute approximate surface area is 175 Å². The lowest BCUT2D eigenvalue weighted by atomic mass is 10.1. The van der Waals surface area contributed by atoms with Gasteiger partial charge in [0.05, 0.1) is 11.4 Å². The van der Waals surface area contributed by atoms with Crippen molar-refractivity contribution in [2.24, 2.45) is 0 Å². The van der Waals surface area contributed by atoms with Crippen LogP contribution in [-0.4, -0.2) is 29.0 Å². The third-order valence-electron chi connectivity index (χ3n) is 5.31. The normalized spacial score (nSPS) is 14.1. The summed E-state index contributed by atoms with van der Waals surface area (Å²) in [7, 11) is 0. The maximum Gasteiger partial charge on any atom is 0.267 e. The van der Waals surface area contributed by atoms with Gasteiger partial charge >= 0.3 is 0 Å². The fourth-order valence-electron chi connectivity index (χ4n) is 3.81. The van der Waals surface area contributed by atoms with Crippen LogP contribution in [0.25, 0.3) is 10.6 Å². The van der Waals surface area contributed by atoms with Gasteiger partial charge in [-0.1, -0.05) is 23.8 Å². The average Bonchev–Trinajstić information content (AvgIpc) is 3.10. The molecule has 6 heteroatoms. The number of hydrogen-bond donors (Lipinski definition) is 1. The van der Waals surface area contributed by atoms with Crippen LogP contribution < -0.4 is 10.2 Å². The van der Waals surface area contributed by atoms with Gasteiger partial charge < -0.3 is 10.2 Å². The number of carbonyl (C=O) groups is 1. The first-order valence-electron chi connectivity index (χ1n) is 10.1. The van der Waals surface area contributed by atoms with E-state index in [1.54, 1.807) is 6.20 Å². The van der Waals surface area contributed by atoms with Crippen LogP contribution in [0.2, 0.25) is 0 Å². The first-order valence-corrected chi connectivity index (χ1v) is 10.9. The molecule has 3 heterocycles. The molecule has 3 aromatic rings. The van der Waals surface area contributed by atoms with Gasteiger partial charge in [0.2, 0.25) is 0 Å². The molecule has 1 fully saturated rings. The molecule has 1 aliphatic rings. The summed E-state index contributed by atoms with van der Waals surface area (Å²) in [5, 5.41) is 3.96. The number of nitrogens with one attached hydrogen (secondary N) is 1. The maximum absolute atomic E-state index is 13.1. The number of thiazole rings is 1. The predicted octanol–water partition coefficient (Wildman–Crippen LogP) is 5.37. The van der Waals surface area contributed by atoms with Crippen molar-refractivity contribution in [1.82, 2.24) is 9.97 Å². The van der Waals surface area contributed by atoms with Crippen molar-refractivity contribution in [2.45, 2.75) is 40.0 Å². The number of carbonyl (C=O) groups excluding carboxylic acids is 1. The molecule has 1 aromatic carbocycles. The number of amides is 1. The van der Waals surface area contributed by atoms with Gasteiger partial charge in [-0.2, -0.15) is 0 Å². The van der Waals surface area contributed by atoms with E-state index in [4.69, 9.17) is 0 Å². The molecule has 5 nitrogen and oxygen atoms in total. The van der Waals surface area contributed by atoms with Gasteiger partial charge in [0, 0.05) is 24.8 Å². The quantitative estimate of drug-likeness (QED) is 0.632. The highest BCUT2D eigenvalue weighted by Crippen LogP contribution is 2.32. The van der Waals surface area contributed by atoms with Crippen molar-refractivity contribution in [1.29, 1.82) is 0 Å². The molecular weight excluding hydrogens is 380 g/mol. The Bertz CT molecular complexity index is 1040. The molecule has 4 rings (SSSR count). The van der Waals surface area contributed by atoms with Crippen LogP contribution in [0.1, 0.15) is 45.8 Å². The molecule has 1 amide bonds. The van der Waals surface area contributed by atoms with E-state index in [9.17, 15) is 4.79 Å². The Balaban J connectivity index is 1.59. The predicted molar refractivity (Wildman–Crippen MR) is 120 cm³/mol. The second kappa shape index (κ2) is 8.33. The highest BCUT2D eigenvalue weighted by Gasteiger charge is 2.21. The van der Waals surface area contributed by atoms with Gasteiger partial charge in [0.15, 0.2) is 5.82 Å². The van der Waals surface area contributed by atoms with E-state index in [-0.39, 0.29) is 5.91 Å². The summed E-state index contributed by atoms with van der Waals surface area (Å²) >= 11 is 1.44. The zero-order valence-electron chi connectivity index (χ0n) is 17.2. The average molecular weight is 407 g/mol. The van der Waals surface area contributed by atoms with Crippen LogP contribution in [0.4, 0.5) is 11.5 Å². The largest absolute Gasteiger partial charge is 0.355 e. The number of aromatic nitrogens is 2. The number of benzene rings is 1. The summed E-state index contributed by atoms with van der Waals surface area (Å²) in [6.07, 6.45) is 5.37. The molecule has 150 valence electrons. The zero-order chi connectivity index (χ0) is 20.4. The van der Waals surface area contributed by atoms with Gasteiger partial charge in [-0.3, -0.25) is 4.79 Å². The molecule has 29 heavy (non-hydrogen) atoms. The molecule has 0 bridgehead atoms. The van der Waals surface area contributed by atoms with Crippen LogP contribution in [0, 0.1) is 20.8 Å². The van der Waals surface area contributed by atoms with Crippen molar-refractivity contribution in [3.63, 3.8) is 0 Å². The van der Waals surface area contributed by atoms with Crippen molar-refractivity contribution in [2.75, 3.05) is 23.3 Å². The first kappa shape index (κ1) is 19.6. The van der Waals surface area contributed by atoms with Gasteiger partial charge in [-0.25, -0.2) is 9.97 Å². The lowest BCUT2D eigenvalue weighted by Crippen LogP contribution is -2.31. The SMILES string of the molecule is Cc1ccc(-c2nc(C)c(C(=O)Nc3cccnc3N3CCCCC3)s2)c(C)c1. The number of hydrogen-bond acceptors (Lipinski definition) is 5. The highest BCUT2D eigenvalue weighted by atomic mass is 32.1. The lowest BCUT2D eigenvalue weighted by molar-refractivity contribution is 0.103. The minimum atomic E-state index is -0.123. The summed E-state index contributed by atoms with van der Waals surface area (Å²) in [6, 6.07) is 10.1. The van der Waals surface area contributed by atoms with E-state index >= 15 is 0 Å². The Hall–Kier alpha value is -2.73. The summed E-state index contributed by atoms with van der Waals surface area (Å²) in [6.45, 7) is 8.02. The molecule has 0 aliphatic carbocycles. The maximum atomic E-state index is 13.1. The first-order chi connectivity index (χ1) is 14.0. The molecular formula is C23H26N4OS. The van der Waals surface area contributed by atoms with E-state index in [2.05, 4.69) is 52.2 Å². The van der Waals surface area contributed by atoms with Gasteiger partial charge in [-0.15, -0.1) is 11.3 Å². The molecule has 0 atom stereocenters. The number of rotatable bonds is 4. The second-order valence-corrected chi connectivity index (χ2v) is 8.63. The van der Waals surface area contributed by atoms with Crippen LogP contribution in [0.5, 0.6) is 0 Å². The third kappa shape index (κ3) is 4.17. The highest BCUT2D eigenvalue weighted by molar-refractivity contribution is 7.17. The Kier molecular flexibility index (Phi) is 5.62. The third-order valence-corrected chi connectivity index (χ3v) is 6.50. The second-order valence-electron chi connectivity index (χ2n) is 7.63. The van der Waals surface area contributed by atoms with Crippen molar-refractivity contribution in [3.05, 3.63) is 58.2 Å². The molecule has 2 aromatic heterocycles. The van der Waals surface area contributed by atoms with Gasteiger partial charge in [-0.05, 0) is 57.7 Å². The van der Waals surface area contributed by atoms with E-state index in [0.29, 0.717) is 4.88 Å². The fourth-order valence-corrected chi connectivity index (χ4v) is 4.86. The number of pyridine rings is 1. The molecule has 1 saturated heterocycles. The minimum Gasteiger partial charge on any atom is -0.355 e. The lowest BCUT2D eigenvalue weighted by Gasteiger charge is -2.29. The smallest absolute Gasteiger partial charge is 0.267 e. The van der Waals surface area contributed by atoms with E-state index in [1.165, 1.54) is 28.9 Å². The van der Waals surface area contributed by atoms with Gasteiger partial charge in [0.25, 0.3) is 5.91 Å². The Morgan fingerprint density at radius 1 is 1.10 bits per heavy atom. The summed E-state index contributed by atoms with van der Waals surface area (Å²) < 4.78 is 0. The van der Waals surface area contributed by atoms with Crippen molar-refractivity contribution >= 4 is 28.7 Å². The van der Waals surface area contributed by atoms with Crippen molar-refractivity contribution < 1.29 is 4.79 Å². The van der Waals surface area contributed by atoms with Crippen LogP contribution in [-0.2, 0) is 0 Å². The number of piperidine rings is 1. The molecule has 1 aliphatic heterocycles. The fraction of sp³-hybridized carbons (Fsp3) is 0.348. The van der Waals surface area contributed by atoms with Crippen molar-refractivity contribution in [3.8, 4) is 10.6 Å². The van der Waals surface area contributed by atoms with E-state index in [1.807, 2.05) is 19.1 Å². The molecule has 0 saturated carbocycles. The summed E-state index contributed by atoms with van der Waals surface area (Å²) in [4.78, 5) is 25.2. The molecule has 0 unspecified atom stereocenters. The van der Waals surface area contributed by atoms with Gasteiger partial charge in [0.1, 0.15) is 9.88 Å². The van der Waals surface area contributed by atoms with E-state index in [0.717, 1.165) is 53.7 Å². The monoisotopic (exact) mass is 406 g/mol. The molecule has 1 N–H and O–H groups in total. The zero-order valence-corrected chi connectivity index (χ0v) is 18.0. The number of nitrogens with zero attached hydrogens (tertiary/aromatic N) is 3. The van der Waals surface area contributed by atoms with Crippen LogP contribution in [0.3, 0.4) is 0 Å². The Morgan fingerprint density at radius 2 is 1.90 bits per heavy atom. The van der Waals surface area contributed by atoms with Crippen LogP contribution in [0.15, 0.2) is 36.5 Å². The van der Waals surface area contributed by atoms with Crippen LogP contribution >= 0.6 is 11.3 Å². The molecule has 0 spiro atoms. The standard InChI is InChI=1S/C23H26N4OS/c1-15-9-10-18(16(2)14-15)23-25-17(3)20(29-23)22(28)26-19-8-7-11-24-21(19)27-12-5-4-6-13-27/h7-11,14H,4-6,12-13H2,1-3H3,(H,26,28). The number of aryl methyl sites for hydroxylation is 3. The number of anilines is 2. The van der Waals surface area contributed by atoms with E-state index < -0.39 is 0 Å². The Morgan fingerprint density at radius 3 is 2.66 bits per heavy atom. The molecule has 0 radical (unpaired) electrons. The topological polar surface area (TPSA) is 58.1 Å². The summed E-state index contributed by atoms with van der Waals surface area (Å²) in [5.74, 6) is 0.736. The minimum absolute atomic E-state index is 0.123. The summed E-state index contributed by atoms with van der Waals surface area (Å²) in [5.41, 5.74) is 4.99.